The van der Waals surface area contributed by atoms with Crippen LogP contribution in [0.2, 0.25) is 5.02 Å². The van der Waals surface area contributed by atoms with Gasteiger partial charge >= 0.3 is 5.97 Å². The van der Waals surface area contributed by atoms with Gasteiger partial charge in [0, 0.05) is 5.69 Å². The average molecular weight is 373 g/mol. The Morgan fingerprint density at radius 2 is 2.00 bits per heavy atom. The second kappa shape index (κ2) is 7.97. The highest BCUT2D eigenvalue weighted by Gasteiger charge is 2.20. The summed E-state index contributed by atoms with van der Waals surface area (Å²) in [5.74, 6) is -1.06. The topological polar surface area (TPSA) is 85.6 Å². The molecule has 2 aromatic heterocycles. The number of esters is 1. The monoisotopic (exact) mass is 372 g/mol. The standard InChI is InChI=1S/C18H17ClN4O3/c1-26-15(24)10-20-18(25)16-14(19)9-13(23-17(16)21-11-22-23)8-7-12-5-3-2-4-6-12/h2-6,9,11H,7-8,10H2,1H3,(H,20,25). The van der Waals surface area contributed by atoms with Crippen molar-refractivity contribution in [2.45, 2.75) is 12.8 Å². The van der Waals surface area contributed by atoms with Crippen LogP contribution in [-0.4, -0.2) is 40.1 Å². The van der Waals surface area contributed by atoms with Crippen molar-refractivity contribution < 1.29 is 14.3 Å². The Labute approximate surface area is 154 Å². The molecule has 0 spiro atoms. The van der Waals surface area contributed by atoms with E-state index in [0.29, 0.717) is 12.1 Å². The van der Waals surface area contributed by atoms with Crippen LogP contribution in [0.4, 0.5) is 0 Å². The first kappa shape index (κ1) is 17.9. The second-order valence-electron chi connectivity index (χ2n) is 5.60. The summed E-state index contributed by atoms with van der Waals surface area (Å²) in [6.45, 7) is -0.248. The molecule has 0 saturated carbocycles. The van der Waals surface area contributed by atoms with Crippen molar-refractivity contribution in [2.24, 2.45) is 0 Å². The second-order valence-corrected chi connectivity index (χ2v) is 6.01. The molecule has 0 unspecified atom stereocenters. The molecule has 0 fully saturated rings. The molecular weight excluding hydrogens is 356 g/mol. The summed E-state index contributed by atoms with van der Waals surface area (Å²) >= 11 is 6.33. The summed E-state index contributed by atoms with van der Waals surface area (Å²) < 4.78 is 6.11. The number of ether oxygens (including phenoxy) is 1. The molecule has 0 radical (unpaired) electrons. The number of aryl methyl sites for hydroxylation is 2. The lowest BCUT2D eigenvalue weighted by atomic mass is 10.1. The third-order valence-electron chi connectivity index (χ3n) is 3.94. The van der Waals surface area contributed by atoms with Crippen molar-refractivity contribution in [1.29, 1.82) is 0 Å². The van der Waals surface area contributed by atoms with Crippen LogP contribution in [0.25, 0.3) is 5.65 Å². The van der Waals surface area contributed by atoms with E-state index < -0.39 is 11.9 Å². The van der Waals surface area contributed by atoms with Gasteiger partial charge in [0.05, 0.1) is 12.1 Å². The van der Waals surface area contributed by atoms with Crippen LogP contribution in [0.5, 0.6) is 0 Å². The van der Waals surface area contributed by atoms with Gasteiger partial charge in [-0.1, -0.05) is 41.9 Å². The van der Waals surface area contributed by atoms with Crippen LogP contribution in [0.3, 0.4) is 0 Å². The van der Waals surface area contributed by atoms with E-state index in [-0.39, 0.29) is 17.1 Å². The number of methoxy groups -OCH3 is 1. The molecule has 0 bridgehead atoms. The van der Waals surface area contributed by atoms with Crippen molar-refractivity contribution in [2.75, 3.05) is 13.7 Å². The Morgan fingerprint density at radius 3 is 2.73 bits per heavy atom. The van der Waals surface area contributed by atoms with Crippen molar-refractivity contribution in [3.63, 3.8) is 0 Å². The molecule has 8 heteroatoms. The van der Waals surface area contributed by atoms with E-state index in [1.165, 1.54) is 19.0 Å². The molecule has 1 amide bonds. The van der Waals surface area contributed by atoms with Gasteiger partial charge in [0.1, 0.15) is 18.4 Å². The molecule has 0 saturated heterocycles. The Balaban J connectivity index is 1.86. The van der Waals surface area contributed by atoms with Crippen molar-refractivity contribution >= 4 is 29.1 Å². The van der Waals surface area contributed by atoms with E-state index in [4.69, 9.17) is 11.6 Å². The van der Waals surface area contributed by atoms with Crippen molar-refractivity contribution in [1.82, 2.24) is 19.9 Å². The summed E-state index contributed by atoms with van der Waals surface area (Å²) in [6.07, 6.45) is 2.86. The summed E-state index contributed by atoms with van der Waals surface area (Å²) in [7, 11) is 1.25. The lowest BCUT2D eigenvalue weighted by Gasteiger charge is -2.11. The maximum absolute atomic E-state index is 12.4. The van der Waals surface area contributed by atoms with Crippen LogP contribution in [0, 0.1) is 0 Å². The first-order valence-electron chi connectivity index (χ1n) is 8.00. The quantitative estimate of drug-likeness (QED) is 0.669. The van der Waals surface area contributed by atoms with E-state index in [0.717, 1.165) is 12.1 Å². The van der Waals surface area contributed by atoms with E-state index >= 15 is 0 Å². The minimum atomic E-state index is -0.550. The smallest absolute Gasteiger partial charge is 0.325 e. The highest BCUT2D eigenvalue weighted by molar-refractivity contribution is 6.34. The zero-order valence-electron chi connectivity index (χ0n) is 14.1. The Bertz CT molecular complexity index is 940. The molecule has 1 N–H and O–H groups in total. The number of hydrogen-bond acceptors (Lipinski definition) is 5. The Morgan fingerprint density at radius 1 is 1.23 bits per heavy atom. The number of carbonyl (C=O) groups excluding carboxylic acids is 2. The summed E-state index contributed by atoms with van der Waals surface area (Å²) in [4.78, 5) is 27.8. The van der Waals surface area contributed by atoms with E-state index in [1.54, 1.807) is 10.6 Å². The molecule has 0 aliphatic rings. The number of benzene rings is 1. The van der Waals surface area contributed by atoms with Crippen LogP contribution < -0.4 is 5.32 Å². The first-order valence-corrected chi connectivity index (χ1v) is 8.38. The molecule has 26 heavy (non-hydrogen) atoms. The van der Waals surface area contributed by atoms with Gasteiger partial charge in [0.25, 0.3) is 5.91 Å². The summed E-state index contributed by atoms with van der Waals surface area (Å²) in [6, 6.07) is 11.8. The molecule has 134 valence electrons. The number of pyridine rings is 1. The van der Waals surface area contributed by atoms with Crippen LogP contribution in [0.15, 0.2) is 42.7 Å². The lowest BCUT2D eigenvalue weighted by molar-refractivity contribution is -0.139. The van der Waals surface area contributed by atoms with Crippen LogP contribution in [0.1, 0.15) is 21.6 Å². The van der Waals surface area contributed by atoms with Crippen LogP contribution in [-0.2, 0) is 22.4 Å². The number of rotatable bonds is 6. The zero-order valence-corrected chi connectivity index (χ0v) is 14.9. The fraction of sp³-hybridized carbons (Fsp3) is 0.222. The number of amides is 1. The van der Waals surface area contributed by atoms with E-state index in [2.05, 4.69) is 32.3 Å². The molecule has 3 rings (SSSR count). The predicted octanol–water partition coefficient (Wildman–Crippen LogP) is 2.07. The van der Waals surface area contributed by atoms with Gasteiger partial charge in [-0.25, -0.2) is 9.50 Å². The van der Waals surface area contributed by atoms with Gasteiger partial charge in [0.2, 0.25) is 0 Å². The maximum Gasteiger partial charge on any atom is 0.325 e. The number of fused-ring (bicyclic) bond motifs is 1. The molecule has 0 atom stereocenters. The van der Waals surface area contributed by atoms with Crippen LogP contribution >= 0.6 is 11.6 Å². The zero-order chi connectivity index (χ0) is 18.5. The fourth-order valence-corrected chi connectivity index (χ4v) is 2.92. The molecule has 0 aliphatic carbocycles. The predicted molar refractivity (Wildman–Crippen MR) is 96.2 cm³/mol. The largest absolute Gasteiger partial charge is 0.468 e. The minimum Gasteiger partial charge on any atom is -0.468 e. The molecule has 2 heterocycles. The van der Waals surface area contributed by atoms with Crippen molar-refractivity contribution in [3.8, 4) is 0 Å². The number of nitrogens with one attached hydrogen (secondary N) is 1. The van der Waals surface area contributed by atoms with Gasteiger partial charge in [-0.15, -0.1) is 0 Å². The lowest BCUT2D eigenvalue weighted by Crippen LogP contribution is -2.31. The summed E-state index contributed by atoms with van der Waals surface area (Å²) in [5, 5.41) is 6.93. The fourth-order valence-electron chi connectivity index (χ4n) is 2.63. The van der Waals surface area contributed by atoms with Gasteiger partial charge in [-0.05, 0) is 24.5 Å². The van der Waals surface area contributed by atoms with Gasteiger partial charge in [-0.2, -0.15) is 5.10 Å². The first-order chi connectivity index (χ1) is 12.6. The van der Waals surface area contributed by atoms with E-state index in [1.807, 2.05) is 18.2 Å². The molecular formula is C18H17ClN4O3. The highest BCUT2D eigenvalue weighted by Crippen LogP contribution is 2.23. The van der Waals surface area contributed by atoms with Gasteiger partial charge in [0.15, 0.2) is 5.65 Å². The molecule has 3 aromatic rings. The maximum atomic E-state index is 12.4. The molecule has 7 nitrogen and oxygen atoms in total. The molecule has 1 aromatic carbocycles. The van der Waals surface area contributed by atoms with Crippen molar-refractivity contribution in [3.05, 3.63) is 64.6 Å². The van der Waals surface area contributed by atoms with Gasteiger partial charge < -0.3 is 10.1 Å². The number of nitrogens with zero attached hydrogens (tertiary/aromatic N) is 3. The number of halogens is 1. The third kappa shape index (κ3) is 3.83. The number of carbonyl (C=O) groups is 2. The molecule has 0 aliphatic heterocycles. The van der Waals surface area contributed by atoms with Gasteiger partial charge in [-0.3, -0.25) is 9.59 Å². The SMILES string of the molecule is COC(=O)CNC(=O)c1c(Cl)cc(CCc2ccccc2)n2ncnc12. The van der Waals surface area contributed by atoms with E-state index in [9.17, 15) is 9.59 Å². The minimum absolute atomic E-state index is 0.177. The Kier molecular flexibility index (Phi) is 5.48. The Hall–Kier alpha value is -2.93. The number of aromatic nitrogens is 3. The summed E-state index contributed by atoms with van der Waals surface area (Å²) in [5.41, 5.74) is 2.56. The third-order valence-corrected chi connectivity index (χ3v) is 4.23. The average Bonchev–Trinajstić information content (AvgIpc) is 3.14. The normalized spacial score (nSPS) is 10.7. The number of hydrogen-bond donors (Lipinski definition) is 1. The highest BCUT2D eigenvalue weighted by atomic mass is 35.5.